The normalized spacial score (nSPS) is 18.4. The van der Waals surface area contributed by atoms with Crippen LogP contribution in [0.25, 0.3) is 5.70 Å². The topological polar surface area (TPSA) is 94.3 Å². The molecule has 1 unspecified atom stereocenters. The van der Waals surface area contributed by atoms with Crippen molar-refractivity contribution in [3.63, 3.8) is 0 Å². The van der Waals surface area contributed by atoms with Gasteiger partial charge in [0.1, 0.15) is 12.0 Å². The second-order valence-electron chi connectivity index (χ2n) is 9.07. The number of hydrogen-bond donors (Lipinski definition) is 3. The highest BCUT2D eigenvalue weighted by molar-refractivity contribution is 6.17. The first kappa shape index (κ1) is 26.5. The molecule has 3 N–H and O–H groups in total. The number of carbonyl (C=O) groups is 1. The SMILES string of the molecule is O=C(O)C(F)(F)CCCC1=C(c2ccc(F)cc2)N=C2C=CC(C(O)NCC3=CCCC=C3)=CC(=N1)C2. The van der Waals surface area contributed by atoms with Gasteiger partial charge < -0.3 is 10.2 Å². The van der Waals surface area contributed by atoms with E-state index >= 15 is 0 Å². The van der Waals surface area contributed by atoms with Crippen LogP contribution < -0.4 is 5.32 Å². The maximum Gasteiger partial charge on any atom is 0.374 e. The third kappa shape index (κ3) is 7.02. The Labute approximate surface area is 213 Å². The van der Waals surface area contributed by atoms with Gasteiger partial charge in [-0.25, -0.2) is 9.18 Å². The Balaban J connectivity index is 1.61. The maximum absolute atomic E-state index is 13.7. The van der Waals surface area contributed by atoms with E-state index in [1.807, 2.05) is 6.08 Å². The zero-order valence-electron chi connectivity index (χ0n) is 20.1. The van der Waals surface area contributed by atoms with Gasteiger partial charge in [0.25, 0.3) is 0 Å². The first-order valence-corrected chi connectivity index (χ1v) is 12.1. The molecule has 0 aromatic heterocycles. The molecule has 1 atom stereocenters. The number of rotatable bonds is 10. The first-order valence-electron chi connectivity index (χ1n) is 12.1. The third-order valence-electron chi connectivity index (χ3n) is 6.19. The minimum absolute atomic E-state index is 0.0457. The standard InChI is InChI=1S/C28H28F3N3O3/c29-21-11-8-19(9-12-21)25-24(7-4-14-28(30,31)27(36)37)33-23-15-20(10-13-22(16-23)34-25)26(35)32-17-18-5-2-1-3-6-18/h2,5-6,8-13,15,26,32,35H,1,3-4,7,14,16-17H2,(H,36,37). The highest BCUT2D eigenvalue weighted by atomic mass is 19.3. The Morgan fingerprint density at radius 2 is 1.86 bits per heavy atom. The molecule has 0 saturated carbocycles. The van der Waals surface area contributed by atoms with Crippen LogP contribution in [0.3, 0.4) is 0 Å². The minimum Gasteiger partial charge on any atom is -0.477 e. The number of aliphatic carboxylic acids is 1. The number of benzene rings is 1. The number of carboxylic acid groups (broad SMARTS) is 1. The highest BCUT2D eigenvalue weighted by Gasteiger charge is 2.38. The summed E-state index contributed by atoms with van der Waals surface area (Å²) >= 11 is 0. The van der Waals surface area contributed by atoms with Crippen LogP contribution in [0, 0.1) is 5.82 Å². The predicted octanol–water partition coefficient (Wildman–Crippen LogP) is 5.35. The van der Waals surface area contributed by atoms with Crippen molar-refractivity contribution in [3.05, 3.63) is 88.9 Å². The number of nitrogens with one attached hydrogen (secondary N) is 1. The molecule has 37 heavy (non-hydrogen) atoms. The molecule has 1 heterocycles. The minimum atomic E-state index is -3.84. The number of alkyl halides is 2. The molecule has 3 aliphatic rings. The van der Waals surface area contributed by atoms with E-state index in [9.17, 15) is 23.1 Å². The van der Waals surface area contributed by atoms with Crippen LogP contribution in [-0.2, 0) is 4.79 Å². The van der Waals surface area contributed by atoms with Crippen molar-refractivity contribution in [3.8, 4) is 0 Å². The van der Waals surface area contributed by atoms with Crippen molar-refractivity contribution in [2.24, 2.45) is 9.98 Å². The molecule has 6 nitrogen and oxygen atoms in total. The molecular formula is C28H28F3N3O3. The molecule has 0 fully saturated rings. The Kier molecular flexibility index (Phi) is 8.35. The van der Waals surface area contributed by atoms with Crippen LogP contribution >= 0.6 is 0 Å². The molecule has 1 aromatic carbocycles. The summed E-state index contributed by atoms with van der Waals surface area (Å²) in [7, 11) is 0. The number of aliphatic hydroxyl groups is 1. The zero-order valence-corrected chi connectivity index (χ0v) is 20.1. The zero-order chi connectivity index (χ0) is 26.4. The van der Waals surface area contributed by atoms with Crippen LogP contribution in [0.1, 0.15) is 44.1 Å². The Morgan fingerprint density at radius 1 is 1.08 bits per heavy atom. The van der Waals surface area contributed by atoms with Crippen LogP contribution in [0.4, 0.5) is 13.2 Å². The summed E-state index contributed by atoms with van der Waals surface area (Å²) in [5.41, 5.74) is 4.26. The highest BCUT2D eigenvalue weighted by Crippen LogP contribution is 2.31. The Hall–Kier alpha value is -3.56. The van der Waals surface area contributed by atoms with Gasteiger partial charge in [0.2, 0.25) is 0 Å². The third-order valence-corrected chi connectivity index (χ3v) is 6.19. The predicted molar refractivity (Wildman–Crippen MR) is 137 cm³/mol. The number of carboxylic acids is 1. The summed E-state index contributed by atoms with van der Waals surface area (Å²) in [5.74, 6) is -6.44. The molecule has 9 heteroatoms. The number of hydrogen-bond acceptors (Lipinski definition) is 5. The van der Waals surface area contributed by atoms with Gasteiger partial charge in [0, 0.05) is 36.4 Å². The number of nitrogens with zero attached hydrogens (tertiary/aromatic N) is 2. The van der Waals surface area contributed by atoms with Gasteiger partial charge in [-0.1, -0.05) is 24.3 Å². The fraction of sp³-hybridized carbons (Fsp3) is 0.321. The molecule has 2 bridgehead atoms. The lowest BCUT2D eigenvalue weighted by Gasteiger charge is -2.16. The summed E-state index contributed by atoms with van der Waals surface area (Å²) in [6.07, 6.45) is 11.9. The van der Waals surface area contributed by atoms with Crippen LogP contribution in [-0.4, -0.2) is 46.3 Å². The Morgan fingerprint density at radius 3 is 2.57 bits per heavy atom. The summed E-state index contributed by atoms with van der Waals surface area (Å²) in [4.78, 5) is 20.2. The van der Waals surface area contributed by atoms with Gasteiger partial charge in [0.05, 0.1) is 11.4 Å². The fourth-order valence-electron chi connectivity index (χ4n) is 4.21. The van der Waals surface area contributed by atoms with E-state index in [4.69, 9.17) is 15.1 Å². The monoisotopic (exact) mass is 511 g/mol. The van der Waals surface area contributed by atoms with E-state index in [2.05, 4.69) is 17.5 Å². The van der Waals surface area contributed by atoms with E-state index in [1.54, 1.807) is 18.2 Å². The number of aliphatic imine (C=N–C) groups is 2. The lowest BCUT2D eigenvalue weighted by atomic mass is 10.0. The first-order chi connectivity index (χ1) is 17.7. The van der Waals surface area contributed by atoms with E-state index in [-0.39, 0.29) is 12.8 Å². The number of aliphatic hydroxyl groups excluding tert-OH is 1. The molecule has 0 radical (unpaired) electrons. The lowest BCUT2D eigenvalue weighted by Crippen LogP contribution is -2.32. The van der Waals surface area contributed by atoms with Crippen LogP contribution in [0.2, 0.25) is 0 Å². The van der Waals surface area contributed by atoms with E-state index < -0.39 is 30.4 Å². The van der Waals surface area contributed by atoms with Crippen molar-refractivity contribution in [2.45, 2.75) is 50.7 Å². The molecule has 0 spiro atoms. The van der Waals surface area contributed by atoms with Gasteiger partial charge in [-0.15, -0.1) is 0 Å². The second kappa shape index (κ2) is 11.7. The Bertz CT molecular complexity index is 1250. The van der Waals surface area contributed by atoms with Gasteiger partial charge in [-0.3, -0.25) is 15.3 Å². The van der Waals surface area contributed by atoms with Gasteiger partial charge in [-0.05, 0) is 73.2 Å². The smallest absolute Gasteiger partial charge is 0.374 e. The van der Waals surface area contributed by atoms with Crippen LogP contribution in [0.5, 0.6) is 0 Å². The average Bonchev–Trinajstić information content (AvgIpc) is 3.19. The number of allylic oxidation sites excluding steroid dienone is 5. The van der Waals surface area contributed by atoms with Gasteiger partial charge >= 0.3 is 11.9 Å². The van der Waals surface area contributed by atoms with Crippen molar-refractivity contribution < 1.29 is 28.2 Å². The van der Waals surface area contributed by atoms with Crippen LogP contribution in [0.15, 0.2) is 87.5 Å². The van der Waals surface area contributed by atoms with Crippen molar-refractivity contribution >= 4 is 23.1 Å². The lowest BCUT2D eigenvalue weighted by molar-refractivity contribution is -0.165. The van der Waals surface area contributed by atoms with Gasteiger partial charge in [-0.2, -0.15) is 8.78 Å². The van der Waals surface area contributed by atoms with E-state index in [1.165, 1.54) is 24.3 Å². The summed E-state index contributed by atoms with van der Waals surface area (Å²) in [6.45, 7) is 0.494. The largest absolute Gasteiger partial charge is 0.477 e. The summed E-state index contributed by atoms with van der Waals surface area (Å²) in [5, 5.41) is 22.6. The molecule has 2 aliphatic carbocycles. The molecule has 1 aliphatic heterocycles. The van der Waals surface area contributed by atoms with Crippen molar-refractivity contribution in [1.29, 1.82) is 0 Å². The van der Waals surface area contributed by atoms with Crippen molar-refractivity contribution in [2.75, 3.05) is 6.54 Å². The number of fused-ring (bicyclic) bond motifs is 2. The molecule has 194 valence electrons. The molecule has 1 aromatic rings. The summed E-state index contributed by atoms with van der Waals surface area (Å²) in [6, 6.07) is 5.64. The molecule has 0 saturated heterocycles. The maximum atomic E-state index is 13.7. The van der Waals surface area contributed by atoms with Gasteiger partial charge in [0.15, 0.2) is 0 Å². The van der Waals surface area contributed by atoms with E-state index in [0.29, 0.717) is 46.9 Å². The molecule has 4 rings (SSSR count). The average molecular weight is 512 g/mol. The fourth-order valence-corrected chi connectivity index (χ4v) is 4.21. The van der Waals surface area contributed by atoms with Crippen molar-refractivity contribution in [1.82, 2.24) is 5.32 Å². The quantitative estimate of drug-likeness (QED) is 0.369. The summed E-state index contributed by atoms with van der Waals surface area (Å²) < 4.78 is 40.9. The van der Waals surface area contributed by atoms with E-state index in [0.717, 1.165) is 18.4 Å². The molecular weight excluding hydrogens is 483 g/mol. The second-order valence-corrected chi connectivity index (χ2v) is 9.07. The number of halogens is 3. The molecule has 0 amide bonds.